The Kier molecular flexibility index (Phi) is 5.19. The summed E-state index contributed by atoms with van der Waals surface area (Å²) < 4.78 is 1.70. The van der Waals surface area contributed by atoms with Crippen molar-refractivity contribution in [2.24, 2.45) is 0 Å². The van der Waals surface area contributed by atoms with Crippen LogP contribution in [0.1, 0.15) is 41.4 Å². The van der Waals surface area contributed by atoms with Crippen LogP contribution in [0.3, 0.4) is 0 Å². The summed E-state index contributed by atoms with van der Waals surface area (Å²) in [6, 6.07) is 4.71. The highest BCUT2D eigenvalue weighted by Crippen LogP contribution is 2.30. The first kappa shape index (κ1) is 19.6. The summed E-state index contributed by atoms with van der Waals surface area (Å²) in [5.41, 5.74) is 0.336. The van der Waals surface area contributed by atoms with Gasteiger partial charge in [0.25, 0.3) is 11.8 Å². The van der Waals surface area contributed by atoms with E-state index in [2.05, 4.69) is 15.7 Å². The van der Waals surface area contributed by atoms with E-state index in [4.69, 9.17) is 0 Å². The minimum absolute atomic E-state index is 0.00531. The largest absolute Gasteiger partial charge is 0.508 e. The highest BCUT2D eigenvalue weighted by atomic mass is 16.3. The van der Waals surface area contributed by atoms with Gasteiger partial charge in [-0.1, -0.05) is 6.07 Å². The maximum atomic E-state index is 12.9. The van der Waals surface area contributed by atoms with Crippen molar-refractivity contribution in [1.29, 1.82) is 0 Å². The van der Waals surface area contributed by atoms with Crippen LogP contribution in [-0.2, 0) is 21.7 Å². The van der Waals surface area contributed by atoms with Crippen LogP contribution in [0.5, 0.6) is 5.75 Å². The second kappa shape index (κ2) is 7.43. The Labute approximate surface area is 162 Å². The van der Waals surface area contributed by atoms with Crippen LogP contribution in [0.4, 0.5) is 0 Å². The van der Waals surface area contributed by atoms with Gasteiger partial charge in [-0.25, -0.2) is 0 Å². The fourth-order valence-corrected chi connectivity index (χ4v) is 3.41. The molecule has 0 saturated heterocycles. The number of nitrogens with one attached hydrogen (secondary N) is 2. The predicted molar refractivity (Wildman–Crippen MR) is 100 cm³/mol. The molecule has 3 N–H and O–H groups in total. The van der Waals surface area contributed by atoms with E-state index in [1.165, 1.54) is 17.0 Å². The van der Waals surface area contributed by atoms with E-state index in [0.717, 1.165) is 5.56 Å². The number of aromatic nitrogens is 2. The van der Waals surface area contributed by atoms with E-state index in [-0.39, 0.29) is 24.2 Å². The maximum Gasteiger partial charge on any atom is 0.254 e. The molecule has 2 aromatic rings. The molecule has 3 amide bonds. The number of fused-ring (bicyclic) bond motifs is 1. The van der Waals surface area contributed by atoms with Crippen molar-refractivity contribution in [2.45, 2.75) is 32.0 Å². The van der Waals surface area contributed by atoms with Gasteiger partial charge in [-0.05, 0) is 38.6 Å². The Morgan fingerprint density at radius 2 is 2.18 bits per heavy atom. The van der Waals surface area contributed by atoms with Crippen molar-refractivity contribution in [3.8, 4) is 5.75 Å². The molecule has 1 aliphatic rings. The monoisotopic (exact) mass is 385 g/mol. The summed E-state index contributed by atoms with van der Waals surface area (Å²) in [6.45, 7) is 4.19. The zero-order valence-corrected chi connectivity index (χ0v) is 16.0. The van der Waals surface area contributed by atoms with Crippen LogP contribution in [0, 0.1) is 0 Å². The van der Waals surface area contributed by atoms with Crippen LogP contribution in [-0.4, -0.2) is 51.6 Å². The Morgan fingerprint density at radius 3 is 2.79 bits per heavy atom. The molecule has 0 fully saturated rings. The zero-order chi connectivity index (χ0) is 20.5. The quantitative estimate of drug-likeness (QED) is 0.598. The lowest BCUT2D eigenvalue weighted by Gasteiger charge is -2.34. The smallest absolute Gasteiger partial charge is 0.254 e. The number of phenols is 1. The molecule has 1 aliphatic heterocycles. The average molecular weight is 385 g/mol. The average Bonchev–Trinajstić information content (AvgIpc) is 3.26. The fourth-order valence-electron chi connectivity index (χ4n) is 3.41. The summed E-state index contributed by atoms with van der Waals surface area (Å²) in [6.07, 6.45) is 3.60. The van der Waals surface area contributed by atoms with E-state index in [0.29, 0.717) is 24.1 Å². The topological polar surface area (TPSA) is 117 Å². The number of aromatic hydroxyl groups is 1. The minimum Gasteiger partial charge on any atom is -0.508 e. The standard InChI is InChI=1S/C19H23N5O4/c1-12(2)24-9-14(7-22-24)19(20-3,18(28)21-11-25)10-23-8-13-4-5-15(26)6-16(13)17(23)27/h4-7,9,11-12,20,26H,8,10H2,1-3H3,(H,21,25,28)/t19-/m0/s1. The molecular weight excluding hydrogens is 362 g/mol. The molecule has 0 radical (unpaired) electrons. The van der Waals surface area contributed by atoms with Crippen LogP contribution < -0.4 is 10.6 Å². The third-order valence-electron chi connectivity index (χ3n) is 5.03. The summed E-state index contributed by atoms with van der Waals surface area (Å²) in [4.78, 5) is 38.2. The molecule has 28 heavy (non-hydrogen) atoms. The van der Waals surface area contributed by atoms with E-state index < -0.39 is 11.4 Å². The first-order valence-corrected chi connectivity index (χ1v) is 8.91. The van der Waals surface area contributed by atoms with Gasteiger partial charge in [-0.3, -0.25) is 24.4 Å². The van der Waals surface area contributed by atoms with Gasteiger partial charge >= 0.3 is 0 Å². The first-order chi connectivity index (χ1) is 13.3. The number of phenolic OH excluding ortho intramolecular Hbond substituents is 1. The molecule has 9 nitrogen and oxygen atoms in total. The molecule has 1 aromatic carbocycles. The summed E-state index contributed by atoms with van der Waals surface area (Å²) in [5.74, 6) is -0.869. The number of amides is 3. The molecule has 1 atom stereocenters. The van der Waals surface area contributed by atoms with Gasteiger partial charge in [-0.2, -0.15) is 5.10 Å². The molecule has 3 rings (SSSR count). The summed E-state index contributed by atoms with van der Waals surface area (Å²) in [5, 5.41) is 19.1. The maximum absolute atomic E-state index is 12.9. The third-order valence-corrected chi connectivity index (χ3v) is 5.03. The van der Waals surface area contributed by atoms with Crippen molar-refractivity contribution >= 4 is 18.2 Å². The number of hydrogen-bond donors (Lipinski definition) is 3. The molecule has 0 saturated carbocycles. The molecule has 0 spiro atoms. The van der Waals surface area contributed by atoms with Gasteiger partial charge in [0.05, 0.1) is 12.7 Å². The number of imide groups is 1. The fraction of sp³-hybridized carbons (Fsp3) is 0.368. The lowest BCUT2D eigenvalue weighted by Crippen LogP contribution is -2.59. The third kappa shape index (κ3) is 3.24. The number of rotatable bonds is 7. The Hall–Kier alpha value is -3.20. The van der Waals surface area contributed by atoms with Gasteiger partial charge in [0.1, 0.15) is 11.3 Å². The molecular formula is C19H23N5O4. The summed E-state index contributed by atoms with van der Waals surface area (Å²) >= 11 is 0. The Bertz CT molecular complexity index is 923. The lowest BCUT2D eigenvalue weighted by atomic mass is 9.90. The van der Waals surface area contributed by atoms with Crippen molar-refractivity contribution < 1.29 is 19.5 Å². The van der Waals surface area contributed by atoms with Gasteiger partial charge in [-0.15, -0.1) is 0 Å². The van der Waals surface area contributed by atoms with Crippen LogP contribution in [0.25, 0.3) is 0 Å². The van der Waals surface area contributed by atoms with Crippen molar-refractivity contribution in [1.82, 2.24) is 25.3 Å². The number of benzene rings is 1. The van der Waals surface area contributed by atoms with Crippen LogP contribution in [0.2, 0.25) is 0 Å². The lowest BCUT2D eigenvalue weighted by molar-refractivity contribution is -0.131. The number of carbonyl (C=O) groups is 3. The zero-order valence-electron chi connectivity index (χ0n) is 16.0. The van der Waals surface area contributed by atoms with E-state index in [1.807, 2.05) is 13.8 Å². The van der Waals surface area contributed by atoms with Crippen LogP contribution >= 0.6 is 0 Å². The highest BCUT2D eigenvalue weighted by Gasteiger charge is 2.44. The van der Waals surface area contributed by atoms with Crippen LogP contribution in [0.15, 0.2) is 30.6 Å². The number of carbonyl (C=O) groups excluding carboxylic acids is 3. The number of hydrogen-bond acceptors (Lipinski definition) is 6. The first-order valence-electron chi connectivity index (χ1n) is 8.91. The van der Waals surface area contributed by atoms with Gasteiger partial charge in [0.2, 0.25) is 6.41 Å². The molecule has 0 bridgehead atoms. The molecule has 148 valence electrons. The predicted octanol–water partition coefficient (Wildman–Crippen LogP) is 0.513. The molecule has 2 heterocycles. The SMILES string of the molecule is CN[C@](CN1Cc2ccc(O)cc2C1=O)(C(=O)NC=O)c1cnn(C(C)C)c1. The normalized spacial score (nSPS) is 15.4. The Morgan fingerprint density at radius 1 is 1.43 bits per heavy atom. The van der Waals surface area contributed by atoms with Crippen molar-refractivity contribution in [3.05, 3.63) is 47.3 Å². The van der Waals surface area contributed by atoms with E-state index in [1.54, 1.807) is 30.2 Å². The molecule has 0 unspecified atom stereocenters. The molecule has 1 aromatic heterocycles. The second-order valence-corrected chi connectivity index (χ2v) is 7.05. The van der Waals surface area contributed by atoms with E-state index >= 15 is 0 Å². The Balaban J connectivity index is 1.99. The summed E-state index contributed by atoms with van der Waals surface area (Å²) in [7, 11) is 1.59. The number of likely N-dealkylation sites (N-methyl/N-ethyl adjacent to an activating group) is 1. The highest BCUT2D eigenvalue weighted by molar-refractivity contribution is 6.00. The van der Waals surface area contributed by atoms with E-state index in [9.17, 15) is 19.5 Å². The van der Waals surface area contributed by atoms with Gasteiger partial charge in [0.15, 0.2) is 0 Å². The number of nitrogens with zero attached hydrogens (tertiary/aromatic N) is 3. The van der Waals surface area contributed by atoms with Crippen molar-refractivity contribution in [2.75, 3.05) is 13.6 Å². The molecule has 0 aliphatic carbocycles. The second-order valence-electron chi connectivity index (χ2n) is 7.05. The van der Waals surface area contributed by atoms with Gasteiger partial charge in [0, 0.05) is 29.9 Å². The molecule has 9 heteroatoms. The minimum atomic E-state index is -1.37. The van der Waals surface area contributed by atoms with Crippen molar-refractivity contribution in [3.63, 3.8) is 0 Å². The van der Waals surface area contributed by atoms with Gasteiger partial charge < -0.3 is 15.3 Å².